The zero-order valence-corrected chi connectivity index (χ0v) is 24.8. The van der Waals surface area contributed by atoms with Gasteiger partial charge < -0.3 is 5.73 Å². The molecule has 0 unspecified atom stereocenters. The summed E-state index contributed by atoms with van der Waals surface area (Å²) >= 11 is 0. The highest BCUT2D eigenvalue weighted by Crippen LogP contribution is 2.31. The maximum absolute atomic E-state index is 13.2. The molecule has 0 atom stereocenters. The summed E-state index contributed by atoms with van der Waals surface area (Å²) in [6, 6.07) is 21.8. The second kappa shape index (κ2) is 13.5. The number of aromatic nitrogens is 4. The van der Waals surface area contributed by atoms with E-state index in [1.165, 1.54) is 0 Å². The number of benzene rings is 3. The minimum Gasteiger partial charge on any atom is -0.402 e. The quantitative estimate of drug-likeness (QED) is 0.230. The van der Waals surface area contributed by atoms with Gasteiger partial charge in [0.05, 0.1) is 18.5 Å². The summed E-state index contributed by atoms with van der Waals surface area (Å²) in [5.41, 5.74) is 12.0. The Kier molecular flexibility index (Phi) is 9.35. The van der Waals surface area contributed by atoms with Crippen molar-refractivity contribution < 1.29 is 24.8 Å². The van der Waals surface area contributed by atoms with Crippen molar-refractivity contribution in [2.24, 2.45) is 10.7 Å². The second-order valence-corrected chi connectivity index (χ2v) is 10.4. The molecule has 0 bridgehead atoms. The van der Waals surface area contributed by atoms with E-state index in [1.54, 1.807) is 36.1 Å². The molecule has 1 aliphatic rings. The van der Waals surface area contributed by atoms with Gasteiger partial charge in [0.1, 0.15) is 5.84 Å². The number of tetrazole rings is 1. The third-order valence-corrected chi connectivity index (χ3v) is 7.14. The van der Waals surface area contributed by atoms with E-state index in [-0.39, 0.29) is 23.9 Å². The fourth-order valence-corrected chi connectivity index (χ4v) is 5.01. The maximum Gasteiger partial charge on any atom is 0.297 e. The normalized spacial score (nSPS) is 15.5. The molecule has 0 aliphatic carbocycles. The smallest absolute Gasteiger partial charge is 0.297 e. The van der Waals surface area contributed by atoms with Gasteiger partial charge in [-0.2, -0.15) is 0 Å². The number of amidine groups is 1. The third-order valence-electron chi connectivity index (χ3n) is 7.14. The largest absolute Gasteiger partial charge is 0.402 e. The third kappa shape index (κ3) is 7.08. The molecule has 230 valence electrons. The van der Waals surface area contributed by atoms with E-state index >= 15 is 0 Å². The van der Waals surface area contributed by atoms with Crippen LogP contribution in [0, 0.1) is 0 Å². The van der Waals surface area contributed by atoms with Gasteiger partial charge in [0.2, 0.25) is 11.7 Å². The number of amides is 1. The van der Waals surface area contributed by atoms with E-state index in [2.05, 4.69) is 31.8 Å². The first-order valence-corrected chi connectivity index (χ1v) is 14.0. The second-order valence-electron chi connectivity index (χ2n) is 10.4. The molecule has 3 aromatic carbocycles. The number of carbonyl (C=O) groups is 2. The Labute approximate surface area is 259 Å². The Morgan fingerprint density at radius 2 is 1.71 bits per heavy atom. The number of rotatable bonds is 9. The van der Waals surface area contributed by atoms with Crippen LogP contribution in [-0.4, -0.2) is 58.6 Å². The standard InChI is InChI=1S/C32H32N8O5/c1-20(2)34-31-25(21(3)33)16-17-29(41)38(31)18-22-12-14-23(15-13-22)26-9-6-7-11-28(26)30-35-37-39(36-30)32(42)27-10-5-4-8-24(27)19-45-40(43)44/h4-15,43-44H,1,16-19,33H2,2-3H3/b25-21-,34-31?. The Morgan fingerprint density at radius 3 is 2.40 bits per heavy atom. The van der Waals surface area contributed by atoms with Gasteiger partial charge in [0.25, 0.3) is 5.91 Å². The minimum atomic E-state index is -0.568. The van der Waals surface area contributed by atoms with Gasteiger partial charge in [0, 0.05) is 34.5 Å². The molecular weight excluding hydrogens is 576 g/mol. The summed E-state index contributed by atoms with van der Waals surface area (Å²) in [5.74, 6) is 0.180. The minimum absolute atomic E-state index is 0.0305. The van der Waals surface area contributed by atoms with Gasteiger partial charge in [-0.1, -0.05) is 78.1 Å². The van der Waals surface area contributed by atoms with Gasteiger partial charge in [-0.25, -0.2) is 9.83 Å². The van der Waals surface area contributed by atoms with Crippen molar-refractivity contribution in [2.75, 3.05) is 0 Å². The first-order valence-electron chi connectivity index (χ1n) is 14.0. The fourth-order valence-electron chi connectivity index (χ4n) is 5.01. The molecule has 2 heterocycles. The van der Waals surface area contributed by atoms with Crippen LogP contribution >= 0.6 is 0 Å². The molecule has 0 spiro atoms. The molecule has 4 aromatic rings. The van der Waals surface area contributed by atoms with Crippen LogP contribution in [0.4, 0.5) is 0 Å². The van der Waals surface area contributed by atoms with Crippen LogP contribution in [0.1, 0.15) is 48.2 Å². The summed E-state index contributed by atoms with van der Waals surface area (Å²) in [4.78, 5) is 37.9. The van der Waals surface area contributed by atoms with E-state index in [0.717, 1.165) is 27.1 Å². The first-order chi connectivity index (χ1) is 21.6. The van der Waals surface area contributed by atoms with E-state index in [9.17, 15) is 9.59 Å². The van der Waals surface area contributed by atoms with Crippen LogP contribution in [-0.2, 0) is 22.8 Å². The Balaban J connectivity index is 1.39. The Morgan fingerprint density at radius 1 is 1.02 bits per heavy atom. The van der Waals surface area contributed by atoms with Crippen LogP contribution in [0.2, 0.25) is 0 Å². The van der Waals surface area contributed by atoms with Crippen LogP contribution in [0.25, 0.3) is 22.5 Å². The summed E-state index contributed by atoms with van der Waals surface area (Å²) in [7, 11) is 0. The number of nitrogens with zero attached hydrogens (tertiary/aromatic N) is 7. The Hall–Kier alpha value is -5.34. The van der Waals surface area contributed by atoms with Crippen LogP contribution in [0.3, 0.4) is 0 Å². The average molecular weight is 609 g/mol. The molecule has 1 aliphatic heterocycles. The van der Waals surface area contributed by atoms with Crippen molar-refractivity contribution in [3.63, 3.8) is 0 Å². The summed E-state index contributed by atoms with van der Waals surface area (Å²) in [6.45, 7) is 7.53. The number of allylic oxidation sites excluding steroid dienone is 2. The molecule has 13 heteroatoms. The molecule has 1 amide bonds. The predicted molar refractivity (Wildman–Crippen MR) is 164 cm³/mol. The molecule has 13 nitrogen and oxygen atoms in total. The summed E-state index contributed by atoms with van der Waals surface area (Å²) < 4.78 is 0. The average Bonchev–Trinajstić information content (AvgIpc) is 3.52. The molecule has 0 radical (unpaired) electrons. The van der Waals surface area contributed by atoms with E-state index in [0.29, 0.717) is 47.7 Å². The number of aliphatic imine (C=N–C) groups is 1. The van der Waals surface area contributed by atoms with Gasteiger partial charge in [-0.3, -0.25) is 24.9 Å². The highest BCUT2D eigenvalue weighted by molar-refractivity contribution is 6.11. The highest BCUT2D eigenvalue weighted by Gasteiger charge is 2.29. The van der Waals surface area contributed by atoms with E-state index < -0.39 is 11.3 Å². The van der Waals surface area contributed by atoms with Crippen molar-refractivity contribution in [3.05, 3.63) is 113 Å². The van der Waals surface area contributed by atoms with E-state index in [1.807, 2.05) is 55.5 Å². The zero-order chi connectivity index (χ0) is 32.1. The lowest BCUT2D eigenvalue weighted by atomic mass is 9.97. The topological polar surface area (TPSA) is 172 Å². The van der Waals surface area contributed by atoms with Gasteiger partial charge >= 0.3 is 0 Å². The van der Waals surface area contributed by atoms with Gasteiger partial charge in [-0.15, -0.1) is 10.2 Å². The molecule has 45 heavy (non-hydrogen) atoms. The van der Waals surface area contributed by atoms with Crippen molar-refractivity contribution in [1.82, 2.24) is 30.5 Å². The highest BCUT2D eigenvalue weighted by atomic mass is 17.1. The molecule has 4 N–H and O–H groups in total. The lowest BCUT2D eigenvalue weighted by Gasteiger charge is -2.31. The zero-order valence-electron chi connectivity index (χ0n) is 24.8. The van der Waals surface area contributed by atoms with Crippen molar-refractivity contribution in [3.8, 4) is 22.5 Å². The van der Waals surface area contributed by atoms with Crippen molar-refractivity contribution in [2.45, 2.75) is 39.8 Å². The molecule has 1 fully saturated rings. The van der Waals surface area contributed by atoms with E-state index in [4.69, 9.17) is 16.1 Å². The van der Waals surface area contributed by atoms with Gasteiger partial charge in [-0.05, 0) is 53.8 Å². The maximum atomic E-state index is 13.2. The number of nitrogens with two attached hydrogens (primary N) is 1. The first kappa shape index (κ1) is 31.1. The lowest BCUT2D eigenvalue weighted by Crippen LogP contribution is -2.42. The summed E-state index contributed by atoms with van der Waals surface area (Å²) in [6.07, 6.45) is 0.890. The number of likely N-dealkylation sites (tertiary alicyclic amines) is 1. The number of hydrogen-bond donors (Lipinski definition) is 3. The number of carbonyl (C=O) groups excluding carboxylic acids is 2. The van der Waals surface area contributed by atoms with Gasteiger partial charge in [0.15, 0.2) is 0 Å². The molecule has 5 rings (SSSR count). The fraction of sp³-hybridized carbons (Fsp3) is 0.188. The summed E-state index contributed by atoms with van der Waals surface area (Å²) in [5, 5.41) is 29.8. The molecule has 1 aromatic heterocycles. The van der Waals surface area contributed by atoms with Crippen LogP contribution < -0.4 is 5.73 Å². The lowest BCUT2D eigenvalue weighted by molar-refractivity contribution is -0.497. The Bertz CT molecular complexity index is 1810. The number of hydrogen-bond acceptors (Lipinski definition) is 11. The number of piperidine rings is 1. The molecular formula is C32H32N8O5. The van der Waals surface area contributed by atoms with Crippen LogP contribution in [0.5, 0.6) is 0 Å². The predicted octanol–water partition coefficient (Wildman–Crippen LogP) is 4.49. The van der Waals surface area contributed by atoms with Crippen LogP contribution in [0.15, 0.2) is 101 Å². The van der Waals surface area contributed by atoms with Crippen molar-refractivity contribution >= 4 is 17.6 Å². The van der Waals surface area contributed by atoms with Crippen molar-refractivity contribution in [1.29, 1.82) is 0 Å². The SMILES string of the molecule is C=C(C)N=C1/C(=C(/C)N)CCC(=O)N1Cc1ccc(-c2ccccc2-c2nnn(C(=O)c3ccccc3CON(O)O)n2)cc1. The molecule has 0 saturated carbocycles. The monoisotopic (exact) mass is 608 g/mol. The molecule has 1 saturated heterocycles.